The first kappa shape index (κ1) is 10.5. The van der Waals surface area contributed by atoms with E-state index in [1.807, 2.05) is 26.0 Å². The Hall–Kier alpha value is -0.540. The van der Waals surface area contributed by atoms with E-state index in [1.165, 1.54) is 0 Å². The third-order valence-corrected chi connectivity index (χ3v) is 3.31. The summed E-state index contributed by atoms with van der Waals surface area (Å²) in [4.78, 5) is 0. The normalized spacial score (nSPS) is 11.8. The molecule has 0 spiro atoms. The average molecular weight is 263 g/mol. The highest BCUT2D eigenvalue weighted by atomic mass is 79.9. The minimum Gasteiger partial charge on any atom is -0.410 e. The van der Waals surface area contributed by atoms with Gasteiger partial charge in [-0.2, -0.15) is 0 Å². The van der Waals surface area contributed by atoms with Crippen LogP contribution in [0.15, 0.2) is 21.8 Å². The van der Waals surface area contributed by atoms with E-state index in [9.17, 15) is 0 Å². The highest BCUT2D eigenvalue weighted by molar-refractivity contribution is 9.10. The molecule has 0 saturated heterocycles. The number of nitrogens with zero attached hydrogens (tertiary/aromatic N) is 1. The molecule has 1 rings (SSSR count). The van der Waals surface area contributed by atoms with Crippen molar-refractivity contribution in [2.24, 2.45) is 5.16 Å². The fourth-order valence-electron chi connectivity index (χ4n) is 1.12. The fourth-order valence-corrected chi connectivity index (χ4v) is 1.46. The second-order valence-electron chi connectivity index (χ2n) is 2.81. The molecule has 0 bridgehead atoms. The molecule has 0 aliphatic heterocycles. The van der Waals surface area contributed by atoms with Gasteiger partial charge in [0.05, 0.1) is 0 Å². The van der Waals surface area contributed by atoms with Crippen LogP contribution in [0.5, 0.6) is 0 Å². The molecule has 1 N–H and O–H groups in total. The molecule has 0 amide bonds. The molecule has 1 aromatic rings. The van der Waals surface area contributed by atoms with Crippen molar-refractivity contribution in [3.63, 3.8) is 0 Å². The molecular weight excluding hydrogens is 253 g/mol. The standard InChI is InChI=1S/C9H9BrClNO/c1-5-3-7(9(11)12-13)4-6(2)8(5)10/h3-4,13H,1-2H3/b12-9-. The van der Waals surface area contributed by atoms with Crippen LogP contribution in [-0.4, -0.2) is 10.4 Å². The SMILES string of the molecule is Cc1cc(/C(Cl)=N/O)cc(C)c1Br. The monoisotopic (exact) mass is 261 g/mol. The highest BCUT2D eigenvalue weighted by Gasteiger charge is 2.05. The van der Waals surface area contributed by atoms with Gasteiger partial charge in [0.2, 0.25) is 0 Å². The van der Waals surface area contributed by atoms with E-state index in [4.69, 9.17) is 16.8 Å². The highest BCUT2D eigenvalue weighted by Crippen LogP contribution is 2.23. The maximum atomic E-state index is 8.48. The van der Waals surface area contributed by atoms with Crippen LogP contribution in [0.3, 0.4) is 0 Å². The van der Waals surface area contributed by atoms with E-state index in [2.05, 4.69) is 21.1 Å². The maximum absolute atomic E-state index is 8.48. The number of hydrogen-bond donors (Lipinski definition) is 1. The van der Waals surface area contributed by atoms with Gasteiger partial charge in [0, 0.05) is 10.0 Å². The number of hydrogen-bond acceptors (Lipinski definition) is 2. The minimum atomic E-state index is 0.110. The summed E-state index contributed by atoms with van der Waals surface area (Å²) in [5.74, 6) is 0. The zero-order valence-corrected chi connectivity index (χ0v) is 9.65. The van der Waals surface area contributed by atoms with Crippen molar-refractivity contribution < 1.29 is 5.21 Å². The summed E-state index contributed by atoms with van der Waals surface area (Å²) in [6.45, 7) is 3.92. The van der Waals surface area contributed by atoms with Crippen molar-refractivity contribution in [3.05, 3.63) is 33.3 Å². The molecule has 0 atom stereocenters. The zero-order chi connectivity index (χ0) is 10.0. The molecule has 4 heteroatoms. The van der Waals surface area contributed by atoms with E-state index >= 15 is 0 Å². The lowest BCUT2D eigenvalue weighted by atomic mass is 10.1. The van der Waals surface area contributed by atoms with Gasteiger partial charge < -0.3 is 5.21 Å². The lowest BCUT2D eigenvalue weighted by Gasteiger charge is -2.05. The molecule has 0 unspecified atom stereocenters. The van der Waals surface area contributed by atoms with E-state index in [1.54, 1.807) is 0 Å². The Morgan fingerprint density at radius 3 is 2.23 bits per heavy atom. The largest absolute Gasteiger partial charge is 0.410 e. The predicted octanol–water partition coefficient (Wildman–Crippen LogP) is 3.44. The average Bonchev–Trinajstić information content (AvgIpc) is 2.12. The Labute approximate surface area is 90.3 Å². The van der Waals surface area contributed by atoms with Crippen molar-refractivity contribution in [2.75, 3.05) is 0 Å². The molecule has 1 aromatic carbocycles. The lowest BCUT2D eigenvalue weighted by molar-refractivity contribution is 0.321. The van der Waals surface area contributed by atoms with Crippen LogP contribution < -0.4 is 0 Å². The Morgan fingerprint density at radius 1 is 1.38 bits per heavy atom. The van der Waals surface area contributed by atoms with Gasteiger partial charge in [-0.25, -0.2) is 0 Å². The summed E-state index contributed by atoms with van der Waals surface area (Å²) in [5.41, 5.74) is 2.86. The van der Waals surface area contributed by atoms with Crippen LogP contribution in [-0.2, 0) is 0 Å². The molecular formula is C9H9BrClNO. The van der Waals surface area contributed by atoms with Gasteiger partial charge in [0.15, 0.2) is 5.17 Å². The molecule has 0 heterocycles. The third-order valence-electron chi connectivity index (χ3n) is 1.76. The predicted molar refractivity (Wildman–Crippen MR) is 57.8 cm³/mol. The van der Waals surface area contributed by atoms with E-state index in [0.29, 0.717) is 0 Å². The first-order chi connectivity index (χ1) is 6.06. The van der Waals surface area contributed by atoms with Crippen molar-refractivity contribution >= 4 is 32.7 Å². The molecule has 0 fully saturated rings. The smallest absolute Gasteiger partial charge is 0.175 e. The van der Waals surface area contributed by atoms with Crippen LogP contribution in [0.4, 0.5) is 0 Å². The Bertz CT molecular complexity index is 340. The summed E-state index contributed by atoms with van der Waals surface area (Å²) < 4.78 is 1.05. The number of oxime groups is 1. The number of rotatable bonds is 1. The van der Waals surface area contributed by atoms with Crippen LogP contribution in [0.1, 0.15) is 16.7 Å². The molecule has 0 radical (unpaired) electrons. The van der Waals surface area contributed by atoms with Gasteiger partial charge in [0.1, 0.15) is 0 Å². The second-order valence-corrected chi connectivity index (χ2v) is 3.97. The molecule has 13 heavy (non-hydrogen) atoms. The molecule has 0 saturated carbocycles. The number of aryl methyl sites for hydroxylation is 2. The summed E-state index contributed by atoms with van der Waals surface area (Å²) in [5, 5.41) is 11.5. The first-order valence-electron chi connectivity index (χ1n) is 3.71. The number of halogens is 2. The van der Waals surface area contributed by atoms with E-state index < -0.39 is 0 Å². The minimum absolute atomic E-state index is 0.110. The maximum Gasteiger partial charge on any atom is 0.175 e. The Balaban J connectivity index is 3.29. The fraction of sp³-hybridized carbons (Fsp3) is 0.222. The van der Waals surface area contributed by atoms with Crippen LogP contribution in [0, 0.1) is 13.8 Å². The molecule has 0 aromatic heterocycles. The van der Waals surface area contributed by atoms with Crippen molar-refractivity contribution in [1.82, 2.24) is 0 Å². The van der Waals surface area contributed by atoms with Gasteiger partial charge in [0.25, 0.3) is 0 Å². The lowest BCUT2D eigenvalue weighted by Crippen LogP contribution is -1.94. The van der Waals surface area contributed by atoms with E-state index in [0.717, 1.165) is 21.2 Å². The Kier molecular flexibility index (Phi) is 3.33. The van der Waals surface area contributed by atoms with Crippen molar-refractivity contribution in [2.45, 2.75) is 13.8 Å². The molecule has 0 aliphatic rings. The molecule has 0 aliphatic carbocycles. The van der Waals surface area contributed by atoms with Crippen molar-refractivity contribution in [1.29, 1.82) is 0 Å². The second kappa shape index (κ2) is 4.11. The van der Waals surface area contributed by atoms with Gasteiger partial charge in [-0.15, -0.1) is 0 Å². The molecule has 2 nitrogen and oxygen atoms in total. The van der Waals surface area contributed by atoms with Gasteiger partial charge in [-0.05, 0) is 37.1 Å². The van der Waals surface area contributed by atoms with Crippen LogP contribution in [0.2, 0.25) is 0 Å². The van der Waals surface area contributed by atoms with Gasteiger partial charge >= 0.3 is 0 Å². The summed E-state index contributed by atoms with van der Waals surface area (Å²) >= 11 is 9.11. The van der Waals surface area contributed by atoms with Crippen LogP contribution >= 0.6 is 27.5 Å². The first-order valence-corrected chi connectivity index (χ1v) is 4.88. The van der Waals surface area contributed by atoms with E-state index in [-0.39, 0.29) is 5.17 Å². The summed E-state index contributed by atoms with van der Waals surface area (Å²) in [6.07, 6.45) is 0. The van der Waals surface area contributed by atoms with Gasteiger partial charge in [-0.1, -0.05) is 32.7 Å². The zero-order valence-electron chi connectivity index (χ0n) is 7.31. The molecule has 70 valence electrons. The third kappa shape index (κ3) is 2.23. The topological polar surface area (TPSA) is 32.6 Å². The quantitative estimate of drug-likeness (QED) is 0.469. The number of benzene rings is 1. The summed E-state index contributed by atoms with van der Waals surface area (Å²) in [6, 6.07) is 3.72. The van der Waals surface area contributed by atoms with Crippen LogP contribution in [0.25, 0.3) is 0 Å². The summed E-state index contributed by atoms with van der Waals surface area (Å²) in [7, 11) is 0. The van der Waals surface area contributed by atoms with Gasteiger partial charge in [-0.3, -0.25) is 0 Å². The van der Waals surface area contributed by atoms with Crippen molar-refractivity contribution in [3.8, 4) is 0 Å². The Morgan fingerprint density at radius 2 is 1.85 bits per heavy atom.